The second-order valence-corrected chi connectivity index (χ2v) is 6.57. The Morgan fingerprint density at radius 2 is 2.10 bits per heavy atom. The maximum atomic E-state index is 11.0. The average Bonchev–Trinajstić information content (AvgIpc) is 2.78. The number of likely N-dealkylation sites (tertiary alicyclic amines) is 1. The van der Waals surface area contributed by atoms with Crippen molar-refractivity contribution in [2.45, 2.75) is 44.9 Å². The Hall–Kier alpha value is -0.430. The average molecular weight is 346 g/mol. The summed E-state index contributed by atoms with van der Waals surface area (Å²) in [5, 5.41) is 15.4. The minimum absolute atomic E-state index is 0.529. The second kappa shape index (κ2) is 6.56. The molecule has 1 fully saturated rings. The molecule has 0 radical (unpaired) electrons. The zero-order valence-electron chi connectivity index (χ0n) is 12.5. The minimum Gasteiger partial charge on any atom is -0.383 e. The first-order valence-electron chi connectivity index (χ1n) is 7.15. The monoisotopic (exact) mass is 345 g/mol. The van der Waals surface area contributed by atoms with Gasteiger partial charge in [0.2, 0.25) is 0 Å². The molecule has 0 unspecified atom stereocenters. The molecule has 20 heavy (non-hydrogen) atoms. The van der Waals surface area contributed by atoms with Gasteiger partial charge in [0.1, 0.15) is 5.60 Å². The van der Waals surface area contributed by atoms with Gasteiger partial charge in [-0.15, -0.1) is 0 Å². The van der Waals surface area contributed by atoms with Crippen molar-refractivity contribution in [1.82, 2.24) is 14.7 Å². The zero-order chi connectivity index (χ0) is 14.8. The molecule has 0 spiro atoms. The number of hydrogen-bond donors (Lipinski definition) is 1. The van der Waals surface area contributed by atoms with Crippen LogP contribution >= 0.6 is 15.9 Å². The lowest BCUT2D eigenvalue weighted by Gasteiger charge is -2.40. The molecule has 0 amide bonds. The summed E-state index contributed by atoms with van der Waals surface area (Å²) in [6.45, 7) is 7.47. The van der Waals surface area contributed by atoms with Gasteiger partial charge in [-0.2, -0.15) is 5.10 Å². The van der Waals surface area contributed by atoms with Crippen molar-refractivity contribution in [3.8, 4) is 0 Å². The van der Waals surface area contributed by atoms with E-state index in [1.165, 1.54) is 0 Å². The van der Waals surface area contributed by atoms with Gasteiger partial charge < -0.3 is 14.7 Å². The van der Waals surface area contributed by atoms with Crippen LogP contribution in [0.5, 0.6) is 0 Å². The van der Waals surface area contributed by atoms with Crippen molar-refractivity contribution < 1.29 is 9.84 Å². The Balaban J connectivity index is 2.16. The van der Waals surface area contributed by atoms with Gasteiger partial charge in [-0.25, -0.2) is 0 Å². The molecule has 1 saturated heterocycles. The highest BCUT2D eigenvalue weighted by Crippen LogP contribution is 2.37. The van der Waals surface area contributed by atoms with Crippen LogP contribution in [0.3, 0.4) is 0 Å². The number of halogens is 1. The third-order valence-corrected chi connectivity index (χ3v) is 4.68. The van der Waals surface area contributed by atoms with Gasteiger partial charge in [0.05, 0.1) is 29.5 Å². The third-order valence-electron chi connectivity index (χ3n) is 4.10. The summed E-state index contributed by atoms with van der Waals surface area (Å²) in [5.74, 6) is 0. The molecule has 0 bridgehead atoms. The van der Waals surface area contributed by atoms with E-state index in [1.807, 2.05) is 4.68 Å². The van der Waals surface area contributed by atoms with Crippen LogP contribution in [0.25, 0.3) is 0 Å². The fourth-order valence-electron chi connectivity index (χ4n) is 2.82. The van der Waals surface area contributed by atoms with E-state index in [9.17, 15) is 5.11 Å². The molecule has 5 nitrogen and oxygen atoms in total. The standard InChI is InChI=1S/C14H24BrN3O2/c1-11(2)17-6-4-14(19,5-7-17)13-12(15)10-16-18(13)8-9-20-3/h10-11,19H,4-9H2,1-3H3. The smallest absolute Gasteiger partial charge is 0.110 e. The highest BCUT2D eigenvalue weighted by Gasteiger charge is 2.38. The van der Waals surface area contributed by atoms with Gasteiger partial charge >= 0.3 is 0 Å². The van der Waals surface area contributed by atoms with Crippen LogP contribution in [0.4, 0.5) is 0 Å². The van der Waals surface area contributed by atoms with E-state index < -0.39 is 5.60 Å². The maximum absolute atomic E-state index is 11.0. The van der Waals surface area contributed by atoms with E-state index in [-0.39, 0.29) is 0 Å². The van der Waals surface area contributed by atoms with E-state index in [0.717, 1.165) is 36.1 Å². The molecule has 114 valence electrons. The number of nitrogens with zero attached hydrogens (tertiary/aromatic N) is 3. The fourth-order valence-corrected chi connectivity index (χ4v) is 3.48. The predicted molar refractivity (Wildman–Crippen MR) is 81.6 cm³/mol. The van der Waals surface area contributed by atoms with Crippen molar-refractivity contribution in [1.29, 1.82) is 0 Å². The van der Waals surface area contributed by atoms with E-state index >= 15 is 0 Å². The van der Waals surface area contributed by atoms with Crippen LogP contribution in [-0.4, -0.2) is 52.6 Å². The van der Waals surface area contributed by atoms with E-state index in [2.05, 4.69) is 39.8 Å². The Morgan fingerprint density at radius 1 is 1.45 bits per heavy atom. The molecule has 0 aromatic carbocycles. The lowest BCUT2D eigenvalue weighted by molar-refractivity contribution is -0.0399. The molecule has 2 heterocycles. The Labute approximate surface area is 129 Å². The van der Waals surface area contributed by atoms with Crippen LogP contribution < -0.4 is 0 Å². The van der Waals surface area contributed by atoms with Crippen LogP contribution in [-0.2, 0) is 16.9 Å². The van der Waals surface area contributed by atoms with E-state index in [1.54, 1.807) is 13.3 Å². The summed E-state index contributed by atoms with van der Waals surface area (Å²) < 4.78 is 7.86. The van der Waals surface area contributed by atoms with Gasteiger partial charge in [0.25, 0.3) is 0 Å². The summed E-state index contributed by atoms with van der Waals surface area (Å²) in [5.41, 5.74) is 0.0898. The van der Waals surface area contributed by atoms with Crippen molar-refractivity contribution in [2.75, 3.05) is 26.8 Å². The summed E-state index contributed by atoms with van der Waals surface area (Å²) in [4.78, 5) is 2.40. The quantitative estimate of drug-likeness (QED) is 0.886. The Morgan fingerprint density at radius 3 is 2.65 bits per heavy atom. The SMILES string of the molecule is COCCn1ncc(Br)c1C1(O)CCN(C(C)C)CC1. The van der Waals surface area contributed by atoms with Gasteiger partial charge in [0, 0.05) is 26.2 Å². The molecule has 1 N–H and O–H groups in total. The summed E-state index contributed by atoms with van der Waals surface area (Å²) in [7, 11) is 1.67. The number of methoxy groups -OCH3 is 1. The van der Waals surface area contributed by atoms with Crippen LogP contribution in [0.15, 0.2) is 10.7 Å². The van der Waals surface area contributed by atoms with Gasteiger partial charge in [-0.3, -0.25) is 4.68 Å². The normalized spacial score (nSPS) is 19.7. The number of hydrogen-bond acceptors (Lipinski definition) is 4. The Bertz CT molecular complexity index is 440. The molecule has 1 aliphatic heterocycles. The van der Waals surface area contributed by atoms with Gasteiger partial charge in [0.15, 0.2) is 0 Å². The first-order chi connectivity index (χ1) is 9.48. The molecule has 2 rings (SSSR count). The summed E-state index contributed by atoms with van der Waals surface area (Å²) in [6, 6.07) is 0.529. The van der Waals surface area contributed by atoms with Crippen LogP contribution in [0.1, 0.15) is 32.4 Å². The number of ether oxygens (including phenoxy) is 1. The Kier molecular flexibility index (Phi) is 5.23. The van der Waals surface area contributed by atoms with Crippen molar-refractivity contribution in [3.05, 3.63) is 16.4 Å². The van der Waals surface area contributed by atoms with Crippen molar-refractivity contribution in [2.24, 2.45) is 0 Å². The lowest BCUT2D eigenvalue weighted by atomic mass is 9.87. The highest BCUT2D eigenvalue weighted by molar-refractivity contribution is 9.10. The number of piperidine rings is 1. The molecule has 1 aromatic rings. The van der Waals surface area contributed by atoms with E-state index in [4.69, 9.17) is 4.74 Å². The van der Waals surface area contributed by atoms with Gasteiger partial charge in [-0.1, -0.05) is 0 Å². The molecule has 0 saturated carbocycles. The second-order valence-electron chi connectivity index (χ2n) is 5.72. The molecule has 0 atom stereocenters. The topological polar surface area (TPSA) is 50.5 Å². The highest BCUT2D eigenvalue weighted by atomic mass is 79.9. The van der Waals surface area contributed by atoms with Crippen molar-refractivity contribution >= 4 is 15.9 Å². The lowest BCUT2D eigenvalue weighted by Crippen LogP contribution is -2.46. The van der Waals surface area contributed by atoms with Crippen molar-refractivity contribution in [3.63, 3.8) is 0 Å². The van der Waals surface area contributed by atoms with E-state index in [0.29, 0.717) is 19.2 Å². The minimum atomic E-state index is -0.797. The zero-order valence-corrected chi connectivity index (χ0v) is 14.1. The third kappa shape index (κ3) is 3.24. The number of aromatic nitrogens is 2. The molecule has 6 heteroatoms. The predicted octanol–water partition coefficient (Wildman–Crippen LogP) is 1.98. The largest absolute Gasteiger partial charge is 0.383 e. The summed E-state index contributed by atoms with van der Waals surface area (Å²) in [6.07, 6.45) is 3.24. The molecule has 1 aliphatic rings. The number of rotatable bonds is 5. The summed E-state index contributed by atoms with van der Waals surface area (Å²) >= 11 is 3.53. The first-order valence-corrected chi connectivity index (χ1v) is 7.94. The molecular weight excluding hydrogens is 322 g/mol. The van der Waals surface area contributed by atoms with Crippen LogP contribution in [0.2, 0.25) is 0 Å². The molecule has 1 aromatic heterocycles. The molecule has 0 aliphatic carbocycles. The number of aliphatic hydroxyl groups is 1. The molecular formula is C14H24BrN3O2. The van der Waals surface area contributed by atoms with Gasteiger partial charge in [-0.05, 0) is 42.6 Å². The first kappa shape index (κ1) is 15.9. The fraction of sp³-hybridized carbons (Fsp3) is 0.786. The van der Waals surface area contributed by atoms with Crippen LogP contribution in [0, 0.1) is 0 Å². The maximum Gasteiger partial charge on any atom is 0.110 e.